The van der Waals surface area contributed by atoms with Crippen LogP contribution in [0.3, 0.4) is 0 Å². The first kappa shape index (κ1) is 17.4. The van der Waals surface area contributed by atoms with Crippen molar-refractivity contribution in [3.63, 3.8) is 0 Å². The van der Waals surface area contributed by atoms with Gasteiger partial charge in [0.25, 0.3) is 0 Å². The number of nitrogens with zero attached hydrogens (tertiary/aromatic N) is 1. The van der Waals surface area contributed by atoms with Gasteiger partial charge in [0.05, 0.1) is 26.4 Å². The molecule has 0 bridgehead atoms. The minimum atomic E-state index is -0.844. The molecule has 0 spiro atoms. The Balaban J connectivity index is 4.28. The van der Waals surface area contributed by atoms with Crippen LogP contribution in [0, 0.1) is 17.2 Å². The van der Waals surface area contributed by atoms with E-state index in [1.54, 1.807) is 6.92 Å². The summed E-state index contributed by atoms with van der Waals surface area (Å²) < 4.78 is 14.4. The van der Waals surface area contributed by atoms with Crippen LogP contribution in [0.1, 0.15) is 13.3 Å². The second-order valence-electron chi connectivity index (χ2n) is 3.95. The highest BCUT2D eigenvalue weighted by atomic mass is 16.5. The Bertz CT molecular complexity index is 327. The van der Waals surface area contributed by atoms with Crippen molar-refractivity contribution >= 4 is 11.9 Å². The molecule has 0 rings (SSSR count). The van der Waals surface area contributed by atoms with E-state index in [0.717, 1.165) is 0 Å². The maximum absolute atomic E-state index is 11.6. The summed E-state index contributed by atoms with van der Waals surface area (Å²) in [5.74, 6) is -1.34. The monoisotopic (exact) mass is 272 g/mol. The van der Waals surface area contributed by atoms with Crippen molar-refractivity contribution in [1.82, 2.24) is 5.32 Å². The minimum Gasteiger partial charge on any atom is -0.467 e. The zero-order valence-corrected chi connectivity index (χ0v) is 11.5. The van der Waals surface area contributed by atoms with E-state index in [4.69, 9.17) is 14.7 Å². The first-order valence-electron chi connectivity index (χ1n) is 5.87. The van der Waals surface area contributed by atoms with Crippen molar-refractivity contribution < 1.29 is 23.8 Å². The minimum absolute atomic E-state index is 0.143. The molecule has 0 heterocycles. The molecular formula is C12H20N2O5. The smallest absolute Gasteiger partial charge is 0.328 e. The molecule has 0 unspecified atom stereocenters. The average molecular weight is 272 g/mol. The van der Waals surface area contributed by atoms with Crippen LogP contribution in [-0.2, 0) is 23.8 Å². The number of esters is 1. The highest BCUT2D eigenvalue weighted by Gasteiger charge is 2.27. The largest absolute Gasteiger partial charge is 0.467 e. The van der Waals surface area contributed by atoms with Gasteiger partial charge in [-0.15, -0.1) is 0 Å². The van der Waals surface area contributed by atoms with Gasteiger partial charge in [0.1, 0.15) is 12.6 Å². The maximum atomic E-state index is 11.6. The van der Waals surface area contributed by atoms with E-state index in [-0.39, 0.29) is 18.9 Å². The molecule has 1 N–H and O–H groups in total. The Morgan fingerprint density at radius 3 is 2.53 bits per heavy atom. The number of hydrogen-bond donors (Lipinski definition) is 1. The second-order valence-corrected chi connectivity index (χ2v) is 3.95. The average Bonchev–Trinajstić information content (AvgIpc) is 2.40. The van der Waals surface area contributed by atoms with Gasteiger partial charge in [0, 0.05) is 19.4 Å². The Morgan fingerprint density at radius 2 is 2.00 bits per heavy atom. The number of nitriles is 1. The van der Waals surface area contributed by atoms with Crippen LogP contribution in [-0.4, -0.2) is 52.0 Å². The first-order valence-corrected chi connectivity index (χ1v) is 5.87. The number of carbonyl (C=O) groups is 2. The van der Waals surface area contributed by atoms with Gasteiger partial charge in [-0.3, -0.25) is 4.79 Å². The molecule has 0 saturated heterocycles. The van der Waals surface area contributed by atoms with Crippen molar-refractivity contribution in [1.29, 1.82) is 5.26 Å². The third-order valence-electron chi connectivity index (χ3n) is 2.42. The van der Waals surface area contributed by atoms with Gasteiger partial charge in [-0.1, -0.05) is 6.92 Å². The molecule has 7 nitrogen and oxygen atoms in total. The summed E-state index contributed by atoms with van der Waals surface area (Å²) in [7, 11) is 2.76. The molecule has 0 aromatic heterocycles. The quantitative estimate of drug-likeness (QED) is 0.463. The molecule has 0 aromatic carbocycles. The van der Waals surface area contributed by atoms with Crippen LogP contribution in [0.2, 0.25) is 0 Å². The number of ether oxygens (including phenoxy) is 3. The van der Waals surface area contributed by atoms with Crippen molar-refractivity contribution in [2.75, 3.05) is 34.0 Å². The lowest BCUT2D eigenvalue weighted by Gasteiger charge is -2.20. The first-order chi connectivity index (χ1) is 9.06. The van der Waals surface area contributed by atoms with E-state index in [9.17, 15) is 9.59 Å². The summed E-state index contributed by atoms with van der Waals surface area (Å²) >= 11 is 0. The third-order valence-corrected chi connectivity index (χ3v) is 2.42. The van der Waals surface area contributed by atoms with E-state index in [2.05, 4.69) is 10.1 Å². The lowest BCUT2D eigenvalue weighted by Crippen LogP contribution is -2.47. The molecule has 1 amide bonds. The lowest BCUT2D eigenvalue weighted by molar-refractivity contribution is -0.147. The second kappa shape index (κ2) is 10.3. The van der Waals surface area contributed by atoms with Crippen LogP contribution < -0.4 is 5.32 Å². The summed E-state index contributed by atoms with van der Waals surface area (Å²) in [6.45, 7) is 2.20. The number of rotatable bonds is 9. The van der Waals surface area contributed by atoms with Gasteiger partial charge in [0.2, 0.25) is 5.91 Å². The van der Waals surface area contributed by atoms with Crippen molar-refractivity contribution in [2.24, 2.45) is 5.92 Å². The highest BCUT2D eigenvalue weighted by molar-refractivity contribution is 5.85. The summed E-state index contributed by atoms with van der Waals surface area (Å²) in [4.78, 5) is 23.1. The molecule has 0 aliphatic carbocycles. The van der Waals surface area contributed by atoms with E-state index in [0.29, 0.717) is 13.2 Å². The maximum Gasteiger partial charge on any atom is 0.328 e. The Morgan fingerprint density at radius 1 is 1.32 bits per heavy atom. The topological polar surface area (TPSA) is 97.7 Å². The molecular weight excluding hydrogens is 252 g/mol. The summed E-state index contributed by atoms with van der Waals surface area (Å²) in [6.07, 6.45) is 0.143. The van der Waals surface area contributed by atoms with Crippen molar-refractivity contribution in [2.45, 2.75) is 19.4 Å². The van der Waals surface area contributed by atoms with Crippen molar-refractivity contribution in [3.8, 4) is 6.07 Å². The van der Waals surface area contributed by atoms with E-state index in [1.807, 2.05) is 6.07 Å². The SMILES string of the molecule is COCCOCC(=O)N[C@H](C(=O)OC)[C@H](C)CC#N. The molecule has 0 saturated carbocycles. The third kappa shape index (κ3) is 7.39. The number of methoxy groups -OCH3 is 2. The molecule has 0 radical (unpaired) electrons. The zero-order chi connectivity index (χ0) is 14.7. The fraction of sp³-hybridized carbons (Fsp3) is 0.750. The van der Waals surface area contributed by atoms with Crippen molar-refractivity contribution in [3.05, 3.63) is 0 Å². The number of hydrogen-bond acceptors (Lipinski definition) is 6. The van der Waals surface area contributed by atoms with Crippen LogP contribution in [0.5, 0.6) is 0 Å². The fourth-order valence-electron chi connectivity index (χ4n) is 1.34. The molecule has 2 atom stereocenters. The molecule has 19 heavy (non-hydrogen) atoms. The molecule has 0 aliphatic heterocycles. The summed E-state index contributed by atoms with van der Waals surface area (Å²) in [5, 5.41) is 11.1. The summed E-state index contributed by atoms with van der Waals surface area (Å²) in [5.41, 5.74) is 0. The van der Waals surface area contributed by atoms with Crippen LogP contribution in [0.25, 0.3) is 0 Å². The normalized spacial score (nSPS) is 13.2. The molecule has 108 valence electrons. The van der Waals surface area contributed by atoms with Gasteiger partial charge in [-0.2, -0.15) is 5.26 Å². The van der Waals surface area contributed by atoms with Crippen LogP contribution in [0.4, 0.5) is 0 Å². The van der Waals surface area contributed by atoms with E-state index >= 15 is 0 Å². The fourth-order valence-corrected chi connectivity index (χ4v) is 1.34. The van der Waals surface area contributed by atoms with Gasteiger partial charge in [-0.25, -0.2) is 4.79 Å². The number of nitrogens with one attached hydrogen (secondary N) is 1. The number of amides is 1. The molecule has 7 heteroatoms. The predicted molar refractivity (Wildman–Crippen MR) is 66.0 cm³/mol. The van der Waals surface area contributed by atoms with E-state index < -0.39 is 17.9 Å². The molecule has 0 fully saturated rings. The number of carbonyl (C=O) groups excluding carboxylic acids is 2. The zero-order valence-electron chi connectivity index (χ0n) is 11.5. The van der Waals surface area contributed by atoms with Gasteiger partial charge in [-0.05, 0) is 0 Å². The summed E-state index contributed by atoms with van der Waals surface area (Å²) in [6, 6.07) is 1.11. The molecule has 0 aromatic rings. The lowest BCUT2D eigenvalue weighted by atomic mass is 9.99. The van der Waals surface area contributed by atoms with Gasteiger partial charge >= 0.3 is 5.97 Å². The Labute approximate surface area is 112 Å². The van der Waals surface area contributed by atoms with Gasteiger partial charge < -0.3 is 19.5 Å². The highest BCUT2D eigenvalue weighted by Crippen LogP contribution is 2.09. The Hall–Kier alpha value is -1.65. The molecule has 0 aliphatic rings. The van der Waals surface area contributed by atoms with Crippen LogP contribution in [0.15, 0.2) is 0 Å². The van der Waals surface area contributed by atoms with E-state index in [1.165, 1.54) is 14.2 Å². The Kier molecular flexibility index (Phi) is 9.40. The van der Waals surface area contributed by atoms with Gasteiger partial charge in [0.15, 0.2) is 0 Å². The van der Waals surface area contributed by atoms with Crippen LogP contribution >= 0.6 is 0 Å². The predicted octanol–water partition coefficient (Wildman–Crippen LogP) is -0.143. The standard InChI is InChI=1S/C12H20N2O5/c1-9(4-5-13)11(12(16)18-3)14-10(15)8-19-7-6-17-2/h9,11H,4,6-8H2,1-3H3,(H,14,15)/t9-,11+/m1/s1.